The van der Waals surface area contributed by atoms with Crippen molar-refractivity contribution < 1.29 is 19.1 Å². The summed E-state index contributed by atoms with van der Waals surface area (Å²) in [6.07, 6.45) is 2.07. The predicted octanol–water partition coefficient (Wildman–Crippen LogP) is 3.70. The molecule has 1 aromatic heterocycles. The normalized spacial score (nSPS) is 17.1. The maximum absolute atomic E-state index is 12.4. The molecule has 2 aromatic carbocycles. The van der Waals surface area contributed by atoms with E-state index in [1.807, 2.05) is 30.3 Å². The van der Waals surface area contributed by atoms with Gasteiger partial charge < -0.3 is 14.8 Å². The third-order valence-electron chi connectivity index (χ3n) is 6.23. The minimum atomic E-state index is -0.386. The average molecular weight is 447 g/mol. The molecule has 0 spiro atoms. The van der Waals surface area contributed by atoms with Crippen molar-refractivity contribution in [1.82, 2.24) is 15.5 Å². The second-order valence-electron chi connectivity index (χ2n) is 8.40. The van der Waals surface area contributed by atoms with Crippen LogP contribution in [0.2, 0.25) is 0 Å². The van der Waals surface area contributed by atoms with Gasteiger partial charge in [0.2, 0.25) is 5.91 Å². The summed E-state index contributed by atoms with van der Waals surface area (Å²) in [7, 11) is 1.66. The van der Waals surface area contributed by atoms with Crippen LogP contribution in [-0.4, -0.2) is 48.5 Å². The van der Waals surface area contributed by atoms with E-state index < -0.39 is 0 Å². The van der Waals surface area contributed by atoms with Crippen molar-refractivity contribution in [2.45, 2.75) is 32.3 Å². The number of amides is 2. The van der Waals surface area contributed by atoms with Crippen LogP contribution in [0, 0.1) is 0 Å². The first-order valence-corrected chi connectivity index (χ1v) is 11.1. The van der Waals surface area contributed by atoms with Crippen LogP contribution < -0.4 is 15.0 Å². The minimum absolute atomic E-state index is 0.140. The van der Waals surface area contributed by atoms with Crippen LogP contribution in [0.15, 0.2) is 42.5 Å². The fraction of sp³-hybridized carbons (Fsp3) is 0.320. The maximum atomic E-state index is 12.4. The number of aromatic amines is 1. The lowest BCUT2D eigenvalue weighted by Gasteiger charge is -2.16. The number of carbonyl (C=O) groups excluding carboxylic acids is 2. The van der Waals surface area contributed by atoms with Crippen molar-refractivity contribution in [3.05, 3.63) is 53.6 Å². The smallest absolute Gasteiger partial charge is 0.414 e. The van der Waals surface area contributed by atoms with E-state index in [4.69, 9.17) is 9.47 Å². The summed E-state index contributed by atoms with van der Waals surface area (Å²) in [6, 6.07) is 14.0. The molecule has 2 N–H and O–H groups in total. The Bertz CT molecular complexity index is 1200. The first-order valence-electron chi connectivity index (χ1n) is 11.1. The Labute approximate surface area is 191 Å². The molecule has 5 rings (SSSR count). The van der Waals surface area contributed by atoms with Crippen LogP contribution in [0.3, 0.4) is 0 Å². The first kappa shape index (κ1) is 21.1. The van der Waals surface area contributed by atoms with Gasteiger partial charge in [-0.1, -0.05) is 6.07 Å². The molecule has 1 aliphatic heterocycles. The SMILES string of the molecule is COc1ccc(-c2n[nH]c3c2CCCc2cc(N4CC(CNC(C)=O)OC4=O)ccc2-3)cc1. The van der Waals surface area contributed by atoms with E-state index in [0.717, 1.165) is 53.2 Å². The van der Waals surface area contributed by atoms with Crippen molar-refractivity contribution in [2.24, 2.45) is 0 Å². The van der Waals surface area contributed by atoms with E-state index in [9.17, 15) is 9.59 Å². The van der Waals surface area contributed by atoms with Crippen LogP contribution in [-0.2, 0) is 22.4 Å². The summed E-state index contributed by atoms with van der Waals surface area (Å²) in [4.78, 5) is 25.2. The van der Waals surface area contributed by atoms with E-state index >= 15 is 0 Å². The van der Waals surface area contributed by atoms with Gasteiger partial charge in [0.15, 0.2) is 0 Å². The molecule has 0 bridgehead atoms. The number of hydrogen-bond donors (Lipinski definition) is 2. The number of rotatable bonds is 5. The molecule has 8 heteroatoms. The molecule has 0 radical (unpaired) electrons. The monoisotopic (exact) mass is 446 g/mol. The fourth-order valence-electron chi connectivity index (χ4n) is 4.57. The molecule has 1 atom stereocenters. The maximum Gasteiger partial charge on any atom is 0.414 e. The third kappa shape index (κ3) is 4.04. The van der Waals surface area contributed by atoms with Gasteiger partial charge in [-0.15, -0.1) is 0 Å². The molecule has 2 amide bonds. The molecule has 33 heavy (non-hydrogen) atoms. The Hall–Kier alpha value is -3.81. The Morgan fingerprint density at radius 2 is 2.06 bits per heavy atom. The molecule has 1 aliphatic carbocycles. The predicted molar refractivity (Wildman–Crippen MR) is 124 cm³/mol. The van der Waals surface area contributed by atoms with Crippen LogP contribution in [0.1, 0.15) is 24.5 Å². The molecule has 3 aromatic rings. The second kappa shape index (κ2) is 8.61. The number of H-pyrrole nitrogens is 1. The van der Waals surface area contributed by atoms with E-state index in [0.29, 0.717) is 13.1 Å². The molecule has 2 heterocycles. The topological polar surface area (TPSA) is 96.6 Å². The molecule has 170 valence electrons. The van der Waals surface area contributed by atoms with Gasteiger partial charge >= 0.3 is 6.09 Å². The highest BCUT2D eigenvalue weighted by Gasteiger charge is 2.33. The number of nitrogens with zero attached hydrogens (tertiary/aromatic N) is 2. The van der Waals surface area contributed by atoms with Crippen molar-refractivity contribution in [2.75, 3.05) is 25.1 Å². The van der Waals surface area contributed by atoms with Gasteiger partial charge in [-0.05, 0) is 61.2 Å². The number of hydrogen-bond acceptors (Lipinski definition) is 5. The van der Waals surface area contributed by atoms with Gasteiger partial charge in [0, 0.05) is 29.3 Å². The molecular formula is C25H26N4O4. The lowest BCUT2D eigenvalue weighted by molar-refractivity contribution is -0.119. The number of fused-ring (bicyclic) bond motifs is 3. The van der Waals surface area contributed by atoms with Crippen LogP contribution in [0.25, 0.3) is 22.5 Å². The van der Waals surface area contributed by atoms with Crippen LogP contribution in [0.5, 0.6) is 5.75 Å². The number of aryl methyl sites for hydroxylation is 1. The Kier molecular flexibility index (Phi) is 5.50. The summed E-state index contributed by atoms with van der Waals surface area (Å²) in [5.41, 5.74) is 7.36. The summed E-state index contributed by atoms with van der Waals surface area (Å²) in [6.45, 7) is 2.17. The molecular weight excluding hydrogens is 420 g/mol. The lowest BCUT2D eigenvalue weighted by Crippen LogP contribution is -2.33. The van der Waals surface area contributed by atoms with E-state index in [1.54, 1.807) is 12.0 Å². The fourth-order valence-corrected chi connectivity index (χ4v) is 4.57. The van der Waals surface area contributed by atoms with Gasteiger partial charge in [0.1, 0.15) is 11.9 Å². The number of ether oxygens (including phenoxy) is 2. The average Bonchev–Trinajstić information content (AvgIpc) is 3.36. The first-order chi connectivity index (χ1) is 16.0. The molecule has 1 unspecified atom stereocenters. The molecule has 0 saturated carbocycles. The lowest BCUT2D eigenvalue weighted by atomic mass is 9.99. The summed E-state index contributed by atoms with van der Waals surface area (Å²) in [5.74, 6) is 0.678. The van der Waals surface area contributed by atoms with Gasteiger partial charge in [-0.2, -0.15) is 5.10 Å². The van der Waals surface area contributed by atoms with Gasteiger partial charge in [0.25, 0.3) is 0 Å². The van der Waals surface area contributed by atoms with Gasteiger partial charge in [-0.3, -0.25) is 14.8 Å². The highest BCUT2D eigenvalue weighted by atomic mass is 16.6. The molecule has 2 aliphatic rings. The molecule has 1 saturated heterocycles. The van der Waals surface area contributed by atoms with E-state index in [-0.39, 0.29) is 18.1 Å². The molecule has 1 fully saturated rings. The van der Waals surface area contributed by atoms with Crippen molar-refractivity contribution >= 4 is 17.7 Å². The van der Waals surface area contributed by atoms with Crippen molar-refractivity contribution in [3.63, 3.8) is 0 Å². The van der Waals surface area contributed by atoms with Crippen molar-refractivity contribution in [1.29, 1.82) is 0 Å². The molecule has 8 nitrogen and oxygen atoms in total. The summed E-state index contributed by atoms with van der Waals surface area (Å²) < 4.78 is 10.7. The number of benzene rings is 2. The van der Waals surface area contributed by atoms with Crippen LogP contribution >= 0.6 is 0 Å². The summed E-state index contributed by atoms with van der Waals surface area (Å²) >= 11 is 0. The second-order valence-corrected chi connectivity index (χ2v) is 8.40. The minimum Gasteiger partial charge on any atom is -0.497 e. The zero-order chi connectivity index (χ0) is 22.9. The summed E-state index contributed by atoms with van der Waals surface area (Å²) in [5, 5.41) is 10.6. The Morgan fingerprint density at radius 1 is 1.24 bits per heavy atom. The number of aromatic nitrogens is 2. The van der Waals surface area contributed by atoms with Gasteiger partial charge in [0.05, 0.1) is 31.6 Å². The highest BCUT2D eigenvalue weighted by molar-refractivity contribution is 5.91. The van der Waals surface area contributed by atoms with Crippen molar-refractivity contribution in [3.8, 4) is 28.3 Å². The zero-order valence-corrected chi connectivity index (χ0v) is 18.7. The number of anilines is 1. The largest absolute Gasteiger partial charge is 0.497 e. The Morgan fingerprint density at radius 3 is 2.82 bits per heavy atom. The third-order valence-corrected chi connectivity index (χ3v) is 6.23. The van der Waals surface area contributed by atoms with E-state index in [1.165, 1.54) is 18.1 Å². The Balaban J connectivity index is 1.42. The zero-order valence-electron chi connectivity index (χ0n) is 18.7. The number of cyclic esters (lactones) is 1. The number of nitrogens with one attached hydrogen (secondary N) is 2. The quantitative estimate of drug-likeness (QED) is 0.623. The van der Waals surface area contributed by atoms with Crippen LogP contribution in [0.4, 0.5) is 10.5 Å². The highest BCUT2D eigenvalue weighted by Crippen LogP contribution is 2.38. The van der Waals surface area contributed by atoms with Gasteiger partial charge in [-0.25, -0.2) is 4.79 Å². The van der Waals surface area contributed by atoms with E-state index in [2.05, 4.69) is 27.6 Å². The number of methoxy groups -OCH3 is 1. The standard InChI is InChI=1S/C25H26N4O4/c1-15(30)26-13-20-14-29(25(31)33-20)18-8-11-21-17(12-18)4-3-5-22-23(27-28-24(21)22)16-6-9-19(32-2)10-7-16/h6-12,20H,3-5,13-14H2,1-2H3,(H,26,30)(H,27,28). The number of carbonyl (C=O) groups is 2.